The molecule has 0 aliphatic heterocycles. The summed E-state index contributed by atoms with van der Waals surface area (Å²) in [7, 11) is 1.60. The van der Waals surface area contributed by atoms with E-state index in [4.69, 9.17) is 4.74 Å². The minimum absolute atomic E-state index is 0.0270. The van der Waals surface area contributed by atoms with Crippen LogP contribution in [-0.2, 0) is 17.9 Å². The number of benzene rings is 2. The van der Waals surface area contributed by atoms with Crippen molar-refractivity contribution in [2.75, 3.05) is 25.5 Å². The summed E-state index contributed by atoms with van der Waals surface area (Å²) < 4.78 is 5.18. The van der Waals surface area contributed by atoms with E-state index in [1.54, 1.807) is 47.6 Å². The van der Waals surface area contributed by atoms with Crippen molar-refractivity contribution < 1.29 is 14.3 Å². The lowest BCUT2D eigenvalue weighted by Crippen LogP contribution is -2.44. The SMILES string of the molecule is CCCCN(CC(=O)N(Cc1ccccc1)Cc1ccc(C)s1)C(=O)Nc1ccc(OC)cc1. The van der Waals surface area contributed by atoms with Crippen molar-refractivity contribution in [1.82, 2.24) is 9.80 Å². The van der Waals surface area contributed by atoms with Crippen LogP contribution in [0.25, 0.3) is 0 Å². The van der Waals surface area contributed by atoms with Gasteiger partial charge in [-0.1, -0.05) is 43.7 Å². The predicted octanol–water partition coefficient (Wildman–Crippen LogP) is 5.93. The molecule has 7 heteroatoms. The summed E-state index contributed by atoms with van der Waals surface area (Å²) in [6, 6.07) is 21.0. The zero-order valence-electron chi connectivity index (χ0n) is 20.1. The summed E-state index contributed by atoms with van der Waals surface area (Å²) in [4.78, 5) is 32.3. The lowest BCUT2D eigenvalue weighted by molar-refractivity contribution is -0.133. The number of unbranched alkanes of at least 4 members (excludes halogenated alkanes) is 1. The number of thiophene rings is 1. The van der Waals surface area contributed by atoms with Crippen molar-refractivity contribution in [2.24, 2.45) is 0 Å². The van der Waals surface area contributed by atoms with Crippen LogP contribution in [0, 0.1) is 6.92 Å². The Bertz CT molecular complexity index is 1050. The van der Waals surface area contributed by atoms with E-state index in [1.807, 2.05) is 35.2 Å². The number of hydrogen-bond acceptors (Lipinski definition) is 4. The van der Waals surface area contributed by atoms with Gasteiger partial charge in [-0.3, -0.25) is 4.79 Å². The average molecular weight is 480 g/mol. The van der Waals surface area contributed by atoms with Gasteiger partial charge in [0, 0.05) is 28.5 Å². The minimum Gasteiger partial charge on any atom is -0.497 e. The first-order valence-corrected chi connectivity index (χ1v) is 12.4. The van der Waals surface area contributed by atoms with Gasteiger partial charge >= 0.3 is 6.03 Å². The molecule has 0 radical (unpaired) electrons. The van der Waals surface area contributed by atoms with Crippen molar-refractivity contribution in [1.29, 1.82) is 0 Å². The Morgan fingerprint density at radius 1 is 0.941 bits per heavy atom. The number of nitrogens with one attached hydrogen (secondary N) is 1. The van der Waals surface area contributed by atoms with Gasteiger partial charge in [0.05, 0.1) is 13.7 Å². The number of aryl methyl sites for hydroxylation is 1. The number of nitrogens with zero attached hydrogens (tertiary/aromatic N) is 2. The number of carbonyl (C=O) groups excluding carboxylic acids is 2. The lowest BCUT2D eigenvalue weighted by atomic mass is 10.2. The van der Waals surface area contributed by atoms with Crippen molar-refractivity contribution in [3.8, 4) is 5.75 Å². The highest BCUT2D eigenvalue weighted by molar-refractivity contribution is 7.11. The van der Waals surface area contributed by atoms with Gasteiger partial charge in [0.2, 0.25) is 5.91 Å². The van der Waals surface area contributed by atoms with Crippen molar-refractivity contribution in [3.63, 3.8) is 0 Å². The number of amides is 3. The molecular weight excluding hydrogens is 446 g/mol. The van der Waals surface area contributed by atoms with E-state index in [2.05, 4.69) is 31.3 Å². The van der Waals surface area contributed by atoms with Gasteiger partial charge in [0.1, 0.15) is 12.3 Å². The van der Waals surface area contributed by atoms with E-state index in [0.29, 0.717) is 25.3 Å². The topological polar surface area (TPSA) is 61.9 Å². The summed E-state index contributed by atoms with van der Waals surface area (Å²) in [6.45, 7) is 5.70. The molecule has 0 spiro atoms. The standard InChI is InChI=1S/C27H33N3O3S/c1-4-5-17-29(27(32)28-23-12-14-24(33-3)15-13-23)20-26(31)30(18-22-9-7-6-8-10-22)19-25-16-11-21(2)34-25/h6-16H,4-5,17-20H2,1-3H3,(H,28,32). The molecule has 0 aliphatic rings. The molecule has 1 heterocycles. The van der Waals surface area contributed by atoms with Crippen LogP contribution in [-0.4, -0.2) is 41.9 Å². The second-order valence-electron chi connectivity index (χ2n) is 8.18. The van der Waals surface area contributed by atoms with Crippen molar-refractivity contribution in [3.05, 3.63) is 82.0 Å². The zero-order valence-corrected chi connectivity index (χ0v) is 20.9. The minimum atomic E-state index is -0.279. The molecular formula is C27H33N3O3S. The third kappa shape index (κ3) is 7.63. The third-order valence-electron chi connectivity index (χ3n) is 5.45. The van der Waals surface area contributed by atoms with Gasteiger partial charge in [-0.15, -0.1) is 11.3 Å². The molecule has 0 saturated carbocycles. The van der Waals surface area contributed by atoms with E-state index in [-0.39, 0.29) is 18.5 Å². The molecule has 1 N–H and O–H groups in total. The Balaban J connectivity index is 1.73. The maximum Gasteiger partial charge on any atom is 0.322 e. The van der Waals surface area contributed by atoms with Crippen LogP contribution in [0.4, 0.5) is 10.5 Å². The molecule has 0 aliphatic carbocycles. The molecule has 1 aromatic heterocycles. The van der Waals surface area contributed by atoms with Crippen molar-refractivity contribution in [2.45, 2.75) is 39.8 Å². The van der Waals surface area contributed by atoms with E-state index in [9.17, 15) is 9.59 Å². The first kappa shape index (κ1) is 25.3. The normalized spacial score (nSPS) is 10.6. The number of ether oxygens (including phenoxy) is 1. The largest absolute Gasteiger partial charge is 0.497 e. The Morgan fingerprint density at radius 2 is 1.68 bits per heavy atom. The molecule has 0 saturated heterocycles. The van der Waals surface area contributed by atoms with Gasteiger partial charge < -0.3 is 19.9 Å². The fourth-order valence-corrected chi connectivity index (χ4v) is 4.44. The average Bonchev–Trinajstić information content (AvgIpc) is 3.26. The second kappa shape index (κ2) is 12.8. The summed E-state index contributed by atoms with van der Waals surface area (Å²) in [5.74, 6) is 0.646. The first-order chi connectivity index (χ1) is 16.5. The van der Waals surface area contributed by atoms with E-state index in [1.165, 1.54) is 4.88 Å². The maximum absolute atomic E-state index is 13.5. The van der Waals surface area contributed by atoms with Crippen LogP contribution in [0.3, 0.4) is 0 Å². The van der Waals surface area contributed by atoms with Crippen molar-refractivity contribution >= 4 is 29.0 Å². The van der Waals surface area contributed by atoms with E-state index >= 15 is 0 Å². The highest BCUT2D eigenvalue weighted by Gasteiger charge is 2.22. The molecule has 0 fully saturated rings. The van der Waals surface area contributed by atoms with Gasteiger partial charge in [-0.2, -0.15) is 0 Å². The van der Waals surface area contributed by atoms with E-state index in [0.717, 1.165) is 29.0 Å². The fraction of sp³-hybridized carbons (Fsp3) is 0.333. The number of urea groups is 1. The quantitative estimate of drug-likeness (QED) is 0.371. The second-order valence-corrected chi connectivity index (χ2v) is 9.55. The van der Waals surface area contributed by atoms with E-state index < -0.39 is 0 Å². The third-order valence-corrected chi connectivity index (χ3v) is 6.43. The molecule has 3 amide bonds. The molecule has 6 nitrogen and oxygen atoms in total. The predicted molar refractivity (Wildman–Crippen MR) is 138 cm³/mol. The number of carbonyl (C=O) groups is 2. The molecule has 3 aromatic rings. The number of anilines is 1. The Labute approximate surface area is 206 Å². The van der Waals surface area contributed by atoms with Crippen LogP contribution >= 0.6 is 11.3 Å². The van der Waals surface area contributed by atoms with Gasteiger partial charge in [0.25, 0.3) is 0 Å². The van der Waals surface area contributed by atoms with Gasteiger partial charge in [-0.25, -0.2) is 4.79 Å². The molecule has 3 rings (SSSR count). The molecule has 0 unspecified atom stereocenters. The van der Waals surface area contributed by atoms with Crippen LogP contribution in [0.1, 0.15) is 35.1 Å². The molecule has 2 aromatic carbocycles. The molecule has 180 valence electrons. The maximum atomic E-state index is 13.5. The van der Waals surface area contributed by atoms with Gasteiger partial charge in [-0.05, 0) is 55.3 Å². The summed E-state index contributed by atoms with van der Waals surface area (Å²) in [6.07, 6.45) is 1.76. The first-order valence-electron chi connectivity index (χ1n) is 11.6. The highest BCUT2D eigenvalue weighted by atomic mass is 32.1. The smallest absolute Gasteiger partial charge is 0.322 e. The Hall–Kier alpha value is -3.32. The number of methoxy groups -OCH3 is 1. The molecule has 0 bridgehead atoms. The van der Waals surface area contributed by atoms with Crippen LogP contribution in [0.15, 0.2) is 66.7 Å². The molecule has 34 heavy (non-hydrogen) atoms. The Kier molecular flexibility index (Phi) is 9.52. The Morgan fingerprint density at radius 3 is 2.29 bits per heavy atom. The monoisotopic (exact) mass is 479 g/mol. The van der Waals surface area contributed by atoms with Crippen LogP contribution in [0.5, 0.6) is 5.75 Å². The number of hydrogen-bond donors (Lipinski definition) is 1. The lowest BCUT2D eigenvalue weighted by Gasteiger charge is -2.28. The summed E-state index contributed by atoms with van der Waals surface area (Å²) >= 11 is 1.69. The summed E-state index contributed by atoms with van der Waals surface area (Å²) in [5.41, 5.74) is 1.72. The van der Waals surface area contributed by atoms with Crippen LogP contribution in [0.2, 0.25) is 0 Å². The molecule has 0 atom stereocenters. The number of rotatable bonds is 11. The van der Waals surface area contributed by atoms with Crippen LogP contribution < -0.4 is 10.1 Å². The highest BCUT2D eigenvalue weighted by Crippen LogP contribution is 2.20. The zero-order chi connectivity index (χ0) is 24.3. The summed E-state index contributed by atoms with van der Waals surface area (Å²) in [5, 5.41) is 2.91. The fourth-order valence-electron chi connectivity index (χ4n) is 3.54. The van der Waals surface area contributed by atoms with Gasteiger partial charge in [0.15, 0.2) is 0 Å².